The van der Waals surface area contributed by atoms with E-state index < -0.39 is 0 Å². The molecule has 0 fully saturated rings. The molecule has 0 aromatic carbocycles. The monoisotopic (exact) mass is 224 g/mol. The van der Waals surface area contributed by atoms with Crippen LogP contribution in [0, 0.1) is 5.92 Å². The summed E-state index contributed by atoms with van der Waals surface area (Å²) in [6, 6.07) is 0.812. The van der Waals surface area contributed by atoms with E-state index in [4.69, 9.17) is 0 Å². The summed E-state index contributed by atoms with van der Waals surface area (Å²) in [5.41, 5.74) is 0. The van der Waals surface area contributed by atoms with E-state index in [2.05, 4.69) is 48.2 Å². The second kappa shape index (κ2) is 6.63. The summed E-state index contributed by atoms with van der Waals surface area (Å²) < 4.78 is 0. The summed E-state index contributed by atoms with van der Waals surface area (Å²) in [4.78, 5) is 4.17. The first-order valence-corrected chi connectivity index (χ1v) is 6.28. The van der Waals surface area contributed by atoms with Gasteiger partial charge in [0.2, 0.25) is 0 Å². The molecule has 0 radical (unpaired) electrons. The second-order valence-electron chi connectivity index (χ2n) is 4.61. The lowest BCUT2D eigenvalue weighted by Crippen LogP contribution is -2.33. The molecular formula is C12H24N4. The molecule has 0 amide bonds. The van der Waals surface area contributed by atoms with Crippen LogP contribution in [0.1, 0.15) is 58.8 Å². The number of hydrogen-bond donors (Lipinski definition) is 2. The zero-order chi connectivity index (χ0) is 12.0. The summed E-state index contributed by atoms with van der Waals surface area (Å²) in [6.45, 7) is 8.91. The van der Waals surface area contributed by atoms with Gasteiger partial charge < -0.3 is 5.32 Å². The SMILES string of the molecule is CCC(C)CC(CC)NC(C)c1ncn[nH]1. The largest absolute Gasteiger partial charge is 0.305 e. The summed E-state index contributed by atoms with van der Waals surface area (Å²) in [7, 11) is 0. The van der Waals surface area contributed by atoms with Crippen LogP contribution in [0.2, 0.25) is 0 Å². The van der Waals surface area contributed by atoms with Crippen LogP contribution in [0.25, 0.3) is 0 Å². The molecule has 3 atom stereocenters. The molecule has 16 heavy (non-hydrogen) atoms. The first kappa shape index (κ1) is 13.2. The van der Waals surface area contributed by atoms with Crippen LogP contribution in [-0.4, -0.2) is 21.2 Å². The van der Waals surface area contributed by atoms with Crippen LogP contribution in [0.15, 0.2) is 6.33 Å². The number of nitrogens with one attached hydrogen (secondary N) is 2. The lowest BCUT2D eigenvalue weighted by Gasteiger charge is -2.23. The Morgan fingerprint density at radius 1 is 1.31 bits per heavy atom. The van der Waals surface area contributed by atoms with Gasteiger partial charge in [0.15, 0.2) is 0 Å². The van der Waals surface area contributed by atoms with Gasteiger partial charge in [0.25, 0.3) is 0 Å². The smallest absolute Gasteiger partial charge is 0.141 e. The van der Waals surface area contributed by atoms with Crippen molar-refractivity contribution in [3.8, 4) is 0 Å². The molecule has 0 aliphatic rings. The maximum atomic E-state index is 4.17. The van der Waals surface area contributed by atoms with E-state index in [0.717, 1.165) is 18.2 Å². The van der Waals surface area contributed by atoms with Crippen LogP contribution in [0.4, 0.5) is 0 Å². The minimum absolute atomic E-state index is 0.247. The summed E-state index contributed by atoms with van der Waals surface area (Å²) >= 11 is 0. The maximum absolute atomic E-state index is 4.17. The zero-order valence-electron chi connectivity index (χ0n) is 10.8. The highest BCUT2D eigenvalue weighted by Crippen LogP contribution is 2.15. The summed E-state index contributed by atoms with van der Waals surface area (Å²) in [5, 5.41) is 10.4. The molecule has 0 spiro atoms. The number of aromatic nitrogens is 3. The highest BCUT2D eigenvalue weighted by atomic mass is 15.2. The van der Waals surface area contributed by atoms with Gasteiger partial charge in [-0.15, -0.1) is 0 Å². The quantitative estimate of drug-likeness (QED) is 0.748. The Morgan fingerprint density at radius 2 is 2.06 bits per heavy atom. The lowest BCUT2D eigenvalue weighted by molar-refractivity contribution is 0.354. The van der Waals surface area contributed by atoms with Crippen molar-refractivity contribution in [1.29, 1.82) is 0 Å². The molecule has 0 aliphatic carbocycles. The standard InChI is InChI=1S/C12H24N4/c1-5-9(3)7-11(6-2)15-10(4)12-13-8-14-16-12/h8-11,15H,5-7H2,1-4H3,(H,13,14,16). The Kier molecular flexibility index (Phi) is 5.46. The molecule has 92 valence electrons. The molecule has 1 aromatic heterocycles. The molecule has 1 heterocycles. The Hall–Kier alpha value is -0.900. The third kappa shape index (κ3) is 3.93. The van der Waals surface area contributed by atoms with Crippen LogP contribution >= 0.6 is 0 Å². The van der Waals surface area contributed by atoms with Gasteiger partial charge >= 0.3 is 0 Å². The van der Waals surface area contributed by atoms with E-state index >= 15 is 0 Å². The number of rotatable bonds is 7. The van der Waals surface area contributed by atoms with E-state index in [1.165, 1.54) is 12.8 Å². The maximum Gasteiger partial charge on any atom is 0.141 e. The minimum atomic E-state index is 0.247. The minimum Gasteiger partial charge on any atom is -0.305 e. The van der Waals surface area contributed by atoms with Crippen LogP contribution in [-0.2, 0) is 0 Å². The van der Waals surface area contributed by atoms with E-state index in [9.17, 15) is 0 Å². The van der Waals surface area contributed by atoms with Crippen molar-refractivity contribution in [2.45, 2.75) is 59.0 Å². The molecule has 0 aliphatic heterocycles. The third-order valence-electron chi connectivity index (χ3n) is 3.21. The number of H-pyrrole nitrogens is 1. The zero-order valence-corrected chi connectivity index (χ0v) is 10.8. The molecule has 0 saturated carbocycles. The first-order chi connectivity index (χ1) is 7.67. The van der Waals surface area contributed by atoms with Crippen molar-refractivity contribution >= 4 is 0 Å². The van der Waals surface area contributed by atoms with Crippen molar-refractivity contribution in [3.05, 3.63) is 12.2 Å². The fourth-order valence-electron chi connectivity index (χ4n) is 1.86. The first-order valence-electron chi connectivity index (χ1n) is 6.28. The predicted molar refractivity (Wildman–Crippen MR) is 66.1 cm³/mol. The van der Waals surface area contributed by atoms with Gasteiger partial charge in [-0.05, 0) is 25.7 Å². The van der Waals surface area contributed by atoms with E-state index in [-0.39, 0.29) is 6.04 Å². The Labute approximate surface area is 98.2 Å². The van der Waals surface area contributed by atoms with Crippen molar-refractivity contribution < 1.29 is 0 Å². The number of hydrogen-bond acceptors (Lipinski definition) is 3. The summed E-state index contributed by atoms with van der Waals surface area (Å²) in [6.07, 6.45) is 5.19. The molecule has 3 unspecified atom stereocenters. The number of nitrogens with zero attached hydrogens (tertiary/aromatic N) is 2. The van der Waals surface area contributed by atoms with Crippen molar-refractivity contribution in [3.63, 3.8) is 0 Å². The molecule has 2 N–H and O–H groups in total. The van der Waals surface area contributed by atoms with Crippen molar-refractivity contribution in [1.82, 2.24) is 20.5 Å². The van der Waals surface area contributed by atoms with Gasteiger partial charge in [0.05, 0.1) is 6.04 Å². The molecule has 0 bridgehead atoms. The van der Waals surface area contributed by atoms with Gasteiger partial charge in [0.1, 0.15) is 12.2 Å². The Morgan fingerprint density at radius 3 is 2.56 bits per heavy atom. The van der Waals surface area contributed by atoms with Crippen LogP contribution in [0.3, 0.4) is 0 Å². The molecule has 4 nitrogen and oxygen atoms in total. The molecule has 1 aromatic rings. The fraction of sp³-hybridized carbons (Fsp3) is 0.833. The molecule has 4 heteroatoms. The highest BCUT2D eigenvalue weighted by molar-refractivity contribution is 4.90. The second-order valence-corrected chi connectivity index (χ2v) is 4.61. The van der Waals surface area contributed by atoms with Crippen LogP contribution < -0.4 is 5.32 Å². The van der Waals surface area contributed by atoms with E-state index in [0.29, 0.717) is 6.04 Å². The normalized spacial score (nSPS) is 17.0. The topological polar surface area (TPSA) is 53.6 Å². The molecule has 1 rings (SSSR count). The average molecular weight is 224 g/mol. The fourth-order valence-corrected chi connectivity index (χ4v) is 1.86. The van der Waals surface area contributed by atoms with E-state index in [1.54, 1.807) is 6.33 Å². The van der Waals surface area contributed by atoms with Gasteiger partial charge in [-0.1, -0.05) is 27.2 Å². The molecule has 0 saturated heterocycles. The molecular weight excluding hydrogens is 200 g/mol. The van der Waals surface area contributed by atoms with Gasteiger partial charge in [-0.2, -0.15) is 5.10 Å². The third-order valence-corrected chi connectivity index (χ3v) is 3.21. The van der Waals surface area contributed by atoms with E-state index in [1.807, 2.05) is 0 Å². The Balaban J connectivity index is 2.43. The van der Waals surface area contributed by atoms with Gasteiger partial charge in [-0.3, -0.25) is 5.10 Å². The lowest BCUT2D eigenvalue weighted by atomic mass is 9.97. The Bertz CT molecular complexity index is 271. The number of aromatic amines is 1. The summed E-state index contributed by atoms with van der Waals surface area (Å²) in [5.74, 6) is 1.70. The average Bonchev–Trinajstić information content (AvgIpc) is 2.81. The van der Waals surface area contributed by atoms with Crippen molar-refractivity contribution in [2.24, 2.45) is 5.92 Å². The van der Waals surface area contributed by atoms with Gasteiger partial charge in [0, 0.05) is 6.04 Å². The van der Waals surface area contributed by atoms with Crippen LogP contribution in [0.5, 0.6) is 0 Å². The van der Waals surface area contributed by atoms with Gasteiger partial charge in [-0.25, -0.2) is 4.98 Å². The predicted octanol–water partition coefficient (Wildman–Crippen LogP) is 2.67. The highest BCUT2D eigenvalue weighted by Gasteiger charge is 2.15. The van der Waals surface area contributed by atoms with Crippen molar-refractivity contribution in [2.75, 3.05) is 0 Å².